The number of carbonyl (C=O) groups is 3. The maximum absolute atomic E-state index is 12.5. The molecule has 0 aliphatic heterocycles. The fourth-order valence-electron chi connectivity index (χ4n) is 2.88. The van der Waals surface area contributed by atoms with Crippen LogP contribution in [-0.2, 0) is 20.9 Å². The summed E-state index contributed by atoms with van der Waals surface area (Å²) in [6, 6.07) is 14.7. The second-order valence-corrected chi connectivity index (χ2v) is 7.95. The highest BCUT2D eigenvalue weighted by molar-refractivity contribution is 9.10. The number of ketones is 1. The number of esters is 1. The summed E-state index contributed by atoms with van der Waals surface area (Å²) in [7, 11) is 1.48. The predicted octanol–water partition coefficient (Wildman–Crippen LogP) is 4.40. The molecule has 0 saturated heterocycles. The van der Waals surface area contributed by atoms with E-state index in [4.69, 9.17) is 9.47 Å². The molecule has 1 amide bonds. The molecule has 0 heterocycles. The van der Waals surface area contributed by atoms with Crippen molar-refractivity contribution in [3.63, 3.8) is 0 Å². The number of benzene rings is 2. The summed E-state index contributed by atoms with van der Waals surface area (Å²) in [6.45, 7) is 3.91. The van der Waals surface area contributed by atoms with Crippen molar-refractivity contribution in [1.82, 2.24) is 4.90 Å². The number of Topliss-reactive ketones (excluding diaryl/α,β-unsaturated/α-hetero) is 1. The van der Waals surface area contributed by atoms with Crippen LogP contribution in [-0.4, -0.2) is 42.3 Å². The Hall–Kier alpha value is -2.67. The van der Waals surface area contributed by atoms with Crippen molar-refractivity contribution in [1.29, 1.82) is 0 Å². The third-order valence-electron chi connectivity index (χ3n) is 4.51. The van der Waals surface area contributed by atoms with Crippen LogP contribution in [0.2, 0.25) is 0 Å². The number of ether oxygens (including phenoxy) is 2. The number of methoxy groups -OCH3 is 1. The molecule has 0 spiro atoms. The van der Waals surface area contributed by atoms with Crippen molar-refractivity contribution in [2.45, 2.75) is 39.3 Å². The first-order valence-electron chi connectivity index (χ1n) is 9.67. The van der Waals surface area contributed by atoms with Crippen molar-refractivity contribution >= 4 is 33.6 Å². The van der Waals surface area contributed by atoms with Gasteiger partial charge in [0.05, 0.1) is 19.1 Å². The smallest absolute Gasteiger partial charge is 0.306 e. The van der Waals surface area contributed by atoms with Gasteiger partial charge in [-0.25, -0.2) is 0 Å². The first-order valence-corrected chi connectivity index (χ1v) is 10.5. The fraction of sp³-hybridized carbons (Fsp3) is 0.348. The number of hydrogen-bond donors (Lipinski definition) is 0. The Morgan fingerprint density at radius 3 is 2.37 bits per heavy atom. The lowest BCUT2D eigenvalue weighted by Crippen LogP contribution is -2.39. The van der Waals surface area contributed by atoms with Crippen molar-refractivity contribution in [2.75, 3.05) is 13.7 Å². The van der Waals surface area contributed by atoms with Crippen LogP contribution in [0.3, 0.4) is 0 Å². The minimum absolute atomic E-state index is 0.0300. The Morgan fingerprint density at radius 2 is 1.73 bits per heavy atom. The fourth-order valence-corrected chi connectivity index (χ4v) is 3.25. The molecule has 2 aromatic carbocycles. The minimum Gasteiger partial charge on any atom is -0.496 e. The number of hydrogen-bond acceptors (Lipinski definition) is 5. The van der Waals surface area contributed by atoms with Crippen LogP contribution in [0.15, 0.2) is 53.0 Å². The Kier molecular flexibility index (Phi) is 9.05. The summed E-state index contributed by atoms with van der Waals surface area (Å²) in [4.78, 5) is 38.7. The van der Waals surface area contributed by atoms with Crippen molar-refractivity contribution in [3.8, 4) is 5.75 Å². The SMILES string of the molecule is COc1ccc(Br)cc1C(=O)CCC(=O)OCC(=O)N(Cc1ccccc1)C(C)C. The molecule has 0 radical (unpaired) electrons. The van der Waals surface area contributed by atoms with Gasteiger partial charge in [-0.15, -0.1) is 0 Å². The summed E-state index contributed by atoms with van der Waals surface area (Å²) in [5, 5.41) is 0. The number of carbonyl (C=O) groups excluding carboxylic acids is 3. The largest absolute Gasteiger partial charge is 0.496 e. The first-order chi connectivity index (χ1) is 14.3. The molecule has 2 rings (SSSR count). The van der Waals surface area contributed by atoms with Gasteiger partial charge >= 0.3 is 5.97 Å². The third-order valence-corrected chi connectivity index (χ3v) is 5.01. The zero-order valence-corrected chi connectivity index (χ0v) is 19.0. The number of amides is 1. The lowest BCUT2D eigenvalue weighted by Gasteiger charge is -2.26. The van der Waals surface area contributed by atoms with Crippen LogP contribution >= 0.6 is 15.9 Å². The highest BCUT2D eigenvalue weighted by Gasteiger charge is 2.20. The van der Waals surface area contributed by atoms with Crippen LogP contribution in [0, 0.1) is 0 Å². The average molecular weight is 476 g/mol. The summed E-state index contributed by atoms with van der Waals surface area (Å²) in [5.74, 6) is -0.652. The molecule has 0 atom stereocenters. The van der Waals surface area contributed by atoms with Gasteiger partial charge in [-0.2, -0.15) is 0 Å². The van der Waals surface area contributed by atoms with E-state index in [9.17, 15) is 14.4 Å². The highest BCUT2D eigenvalue weighted by atomic mass is 79.9. The van der Waals surface area contributed by atoms with Crippen LogP contribution in [0.4, 0.5) is 0 Å². The second kappa shape index (κ2) is 11.5. The molecule has 0 saturated carbocycles. The molecule has 0 unspecified atom stereocenters. The number of nitrogens with zero attached hydrogens (tertiary/aromatic N) is 1. The van der Waals surface area contributed by atoms with Crippen LogP contribution < -0.4 is 4.74 Å². The van der Waals surface area contributed by atoms with E-state index < -0.39 is 5.97 Å². The summed E-state index contributed by atoms with van der Waals surface area (Å²) in [5.41, 5.74) is 1.39. The zero-order chi connectivity index (χ0) is 22.1. The van der Waals surface area contributed by atoms with Gasteiger partial charge in [0, 0.05) is 23.5 Å². The second-order valence-electron chi connectivity index (χ2n) is 7.03. The number of halogens is 1. The maximum Gasteiger partial charge on any atom is 0.306 e. The molecule has 0 fully saturated rings. The zero-order valence-electron chi connectivity index (χ0n) is 17.4. The van der Waals surface area contributed by atoms with E-state index in [1.54, 1.807) is 23.1 Å². The van der Waals surface area contributed by atoms with E-state index in [0.717, 1.165) is 10.0 Å². The molecule has 0 aliphatic carbocycles. The topological polar surface area (TPSA) is 72.9 Å². The first kappa shape index (κ1) is 23.6. The molecular formula is C23H26BrNO5. The Bertz CT molecular complexity index is 882. The normalized spacial score (nSPS) is 10.6. The molecule has 30 heavy (non-hydrogen) atoms. The number of rotatable bonds is 10. The lowest BCUT2D eigenvalue weighted by atomic mass is 10.1. The van der Waals surface area contributed by atoms with Gasteiger partial charge in [-0.1, -0.05) is 46.3 Å². The molecule has 6 nitrogen and oxygen atoms in total. The van der Waals surface area contributed by atoms with Gasteiger partial charge in [0.2, 0.25) is 0 Å². The Balaban J connectivity index is 1.86. The monoisotopic (exact) mass is 475 g/mol. The van der Waals surface area contributed by atoms with Crippen molar-refractivity contribution < 1.29 is 23.9 Å². The van der Waals surface area contributed by atoms with E-state index in [-0.39, 0.29) is 37.2 Å². The van der Waals surface area contributed by atoms with E-state index in [0.29, 0.717) is 17.9 Å². The third kappa shape index (κ3) is 6.99. The highest BCUT2D eigenvalue weighted by Crippen LogP contribution is 2.24. The Labute approximate surface area is 185 Å². The lowest BCUT2D eigenvalue weighted by molar-refractivity contribution is -0.153. The van der Waals surface area contributed by atoms with Gasteiger partial charge in [-0.3, -0.25) is 14.4 Å². The van der Waals surface area contributed by atoms with E-state index in [1.165, 1.54) is 7.11 Å². The van der Waals surface area contributed by atoms with E-state index >= 15 is 0 Å². The molecule has 160 valence electrons. The van der Waals surface area contributed by atoms with Gasteiger partial charge in [-0.05, 0) is 37.6 Å². The predicted molar refractivity (Wildman–Crippen MR) is 117 cm³/mol. The summed E-state index contributed by atoms with van der Waals surface area (Å²) >= 11 is 3.32. The van der Waals surface area contributed by atoms with Crippen molar-refractivity contribution in [3.05, 3.63) is 64.1 Å². The maximum atomic E-state index is 12.5. The van der Waals surface area contributed by atoms with E-state index in [2.05, 4.69) is 15.9 Å². The molecular weight excluding hydrogens is 450 g/mol. The molecule has 0 N–H and O–H groups in total. The van der Waals surface area contributed by atoms with Crippen LogP contribution in [0.5, 0.6) is 5.75 Å². The van der Waals surface area contributed by atoms with Crippen LogP contribution in [0.25, 0.3) is 0 Å². The average Bonchev–Trinajstić information content (AvgIpc) is 2.74. The Morgan fingerprint density at radius 1 is 1.03 bits per heavy atom. The molecule has 2 aromatic rings. The van der Waals surface area contributed by atoms with Gasteiger partial charge in [0.25, 0.3) is 5.91 Å². The molecule has 0 aromatic heterocycles. The molecule has 7 heteroatoms. The van der Waals surface area contributed by atoms with Crippen LogP contribution in [0.1, 0.15) is 42.6 Å². The molecule has 0 aliphatic rings. The van der Waals surface area contributed by atoms with Gasteiger partial charge in [0.1, 0.15) is 5.75 Å². The summed E-state index contributed by atoms with van der Waals surface area (Å²) in [6.07, 6.45) is -0.139. The van der Waals surface area contributed by atoms with Gasteiger partial charge in [0.15, 0.2) is 12.4 Å². The van der Waals surface area contributed by atoms with Crippen molar-refractivity contribution in [2.24, 2.45) is 0 Å². The minimum atomic E-state index is -0.589. The molecule has 0 bridgehead atoms. The van der Waals surface area contributed by atoms with Gasteiger partial charge < -0.3 is 14.4 Å². The summed E-state index contributed by atoms with van der Waals surface area (Å²) < 4.78 is 11.1. The van der Waals surface area contributed by atoms with E-state index in [1.807, 2.05) is 44.2 Å². The quantitative estimate of drug-likeness (QED) is 0.376. The standard InChI is InChI=1S/C23H26BrNO5/c1-16(2)25(14-17-7-5-4-6-8-17)22(27)15-30-23(28)12-10-20(26)19-13-18(24)9-11-21(19)29-3/h4-9,11,13,16H,10,12,14-15H2,1-3H3.